The summed E-state index contributed by atoms with van der Waals surface area (Å²) in [6.45, 7) is 1.97. The Balaban J connectivity index is 2.07. The largest absolute Gasteiger partial charge is 0.550 e. The van der Waals surface area contributed by atoms with Gasteiger partial charge in [-0.1, -0.05) is 29.8 Å². The Bertz CT molecular complexity index is 767. The predicted molar refractivity (Wildman–Crippen MR) is 92.1 cm³/mol. The van der Waals surface area contributed by atoms with Gasteiger partial charge in [0, 0.05) is 24.0 Å². The van der Waals surface area contributed by atoms with Crippen molar-refractivity contribution in [3.05, 3.63) is 59.7 Å². The topological polar surface area (TPSA) is 69.7 Å². The molecule has 0 aliphatic carbocycles. The lowest BCUT2D eigenvalue weighted by atomic mass is 9.84. The van der Waals surface area contributed by atoms with Crippen molar-refractivity contribution >= 4 is 17.6 Å². The summed E-state index contributed by atoms with van der Waals surface area (Å²) < 4.78 is 5.17. The second-order valence-electron chi connectivity index (χ2n) is 6.28. The van der Waals surface area contributed by atoms with Gasteiger partial charge in [0.1, 0.15) is 5.75 Å². The number of piperidine rings is 1. The molecule has 2 aromatic rings. The highest BCUT2D eigenvalue weighted by molar-refractivity contribution is 5.96. The van der Waals surface area contributed by atoms with Crippen molar-refractivity contribution in [2.45, 2.75) is 25.8 Å². The van der Waals surface area contributed by atoms with E-state index in [9.17, 15) is 14.7 Å². The number of ether oxygens (including phenoxy) is 1. The lowest BCUT2D eigenvalue weighted by molar-refractivity contribution is -0.312. The molecule has 0 unspecified atom stereocenters. The van der Waals surface area contributed by atoms with E-state index in [1.165, 1.54) is 0 Å². The van der Waals surface area contributed by atoms with Gasteiger partial charge in [0.2, 0.25) is 5.91 Å². The standard InChI is InChI=1S/C20H21NO4/c1-13-3-7-15(8-4-13)21-18(22)12-11-17(20(23)24)19(21)14-5-9-16(25-2)10-6-14/h3-10,17,19H,11-12H2,1-2H3,(H,23,24)/p-1/t17-,19-/m0/s1. The first kappa shape index (κ1) is 17.0. The van der Waals surface area contributed by atoms with E-state index >= 15 is 0 Å². The van der Waals surface area contributed by atoms with Crippen LogP contribution >= 0.6 is 0 Å². The molecule has 3 rings (SSSR count). The van der Waals surface area contributed by atoms with E-state index in [1.54, 1.807) is 36.3 Å². The molecule has 0 spiro atoms. The SMILES string of the molecule is COc1ccc([C@H]2[C@@H](C(=O)[O-])CCC(=O)N2c2ccc(C)cc2)cc1. The molecule has 0 aromatic heterocycles. The van der Waals surface area contributed by atoms with Crippen LogP contribution in [0.5, 0.6) is 5.75 Å². The molecule has 5 nitrogen and oxygen atoms in total. The molecule has 2 atom stereocenters. The van der Waals surface area contributed by atoms with E-state index < -0.39 is 17.9 Å². The lowest BCUT2D eigenvalue weighted by Crippen LogP contribution is -2.49. The third-order valence-corrected chi connectivity index (χ3v) is 4.67. The average Bonchev–Trinajstić information content (AvgIpc) is 2.62. The minimum atomic E-state index is -1.13. The number of anilines is 1. The zero-order valence-electron chi connectivity index (χ0n) is 14.3. The van der Waals surface area contributed by atoms with Gasteiger partial charge in [-0.3, -0.25) is 4.79 Å². The number of carbonyl (C=O) groups is 2. The number of hydrogen-bond donors (Lipinski definition) is 0. The van der Waals surface area contributed by atoms with Crippen LogP contribution in [-0.4, -0.2) is 19.0 Å². The monoisotopic (exact) mass is 338 g/mol. The summed E-state index contributed by atoms with van der Waals surface area (Å²) in [5.74, 6) is -1.29. The fourth-order valence-corrected chi connectivity index (χ4v) is 3.33. The van der Waals surface area contributed by atoms with Crippen LogP contribution < -0.4 is 14.7 Å². The molecule has 1 heterocycles. The maximum absolute atomic E-state index is 12.6. The van der Waals surface area contributed by atoms with E-state index in [0.29, 0.717) is 11.4 Å². The van der Waals surface area contributed by atoms with E-state index in [0.717, 1.165) is 11.1 Å². The Hall–Kier alpha value is -2.82. The molecule has 1 saturated heterocycles. The third kappa shape index (κ3) is 3.36. The summed E-state index contributed by atoms with van der Waals surface area (Å²) in [5.41, 5.74) is 2.52. The fourth-order valence-electron chi connectivity index (χ4n) is 3.33. The van der Waals surface area contributed by atoms with E-state index in [2.05, 4.69) is 0 Å². The van der Waals surface area contributed by atoms with Crippen LogP contribution in [-0.2, 0) is 9.59 Å². The van der Waals surface area contributed by atoms with Gasteiger partial charge in [-0.15, -0.1) is 0 Å². The first-order valence-corrected chi connectivity index (χ1v) is 8.25. The maximum Gasteiger partial charge on any atom is 0.227 e. The predicted octanol–water partition coefficient (Wildman–Crippen LogP) is 2.24. The lowest BCUT2D eigenvalue weighted by Gasteiger charge is -2.42. The minimum Gasteiger partial charge on any atom is -0.550 e. The molecule has 1 aliphatic rings. The van der Waals surface area contributed by atoms with Crippen molar-refractivity contribution in [1.29, 1.82) is 0 Å². The molecule has 0 saturated carbocycles. The van der Waals surface area contributed by atoms with Gasteiger partial charge in [0.15, 0.2) is 0 Å². The smallest absolute Gasteiger partial charge is 0.227 e. The van der Waals surface area contributed by atoms with Gasteiger partial charge in [-0.25, -0.2) is 0 Å². The third-order valence-electron chi connectivity index (χ3n) is 4.67. The van der Waals surface area contributed by atoms with Crippen molar-refractivity contribution in [3.63, 3.8) is 0 Å². The first-order chi connectivity index (χ1) is 12.0. The average molecular weight is 338 g/mol. The summed E-state index contributed by atoms with van der Waals surface area (Å²) in [4.78, 5) is 26.0. The number of aryl methyl sites for hydroxylation is 1. The summed E-state index contributed by atoms with van der Waals surface area (Å²) >= 11 is 0. The molecule has 2 aromatic carbocycles. The number of methoxy groups -OCH3 is 1. The van der Waals surface area contributed by atoms with Crippen LogP contribution in [0.15, 0.2) is 48.5 Å². The number of carboxylic acid groups (broad SMARTS) is 1. The second kappa shape index (κ2) is 6.97. The molecular weight excluding hydrogens is 318 g/mol. The number of amides is 1. The number of hydrogen-bond acceptors (Lipinski definition) is 4. The normalized spacial score (nSPS) is 20.4. The minimum absolute atomic E-state index is 0.0813. The number of aliphatic carboxylic acids is 1. The molecule has 0 bridgehead atoms. The Kier molecular flexibility index (Phi) is 4.74. The zero-order chi connectivity index (χ0) is 18.0. The van der Waals surface area contributed by atoms with Crippen molar-refractivity contribution in [2.24, 2.45) is 5.92 Å². The summed E-state index contributed by atoms with van der Waals surface area (Å²) in [6.07, 6.45) is 0.472. The molecule has 0 N–H and O–H groups in total. The second-order valence-corrected chi connectivity index (χ2v) is 6.28. The van der Waals surface area contributed by atoms with Gasteiger partial charge in [0.05, 0.1) is 13.2 Å². The number of rotatable bonds is 4. The maximum atomic E-state index is 12.6. The number of benzene rings is 2. The number of carbonyl (C=O) groups excluding carboxylic acids is 2. The molecule has 1 aliphatic heterocycles. The van der Waals surface area contributed by atoms with E-state index in [1.807, 2.05) is 31.2 Å². The number of nitrogens with zero attached hydrogens (tertiary/aromatic N) is 1. The van der Waals surface area contributed by atoms with Crippen molar-refractivity contribution < 1.29 is 19.4 Å². The molecule has 25 heavy (non-hydrogen) atoms. The van der Waals surface area contributed by atoms with Crippen molar-refractivity contribution in [2.75, 3.05) is 12.0 Å². The van der Waals surface area contributed by atoms with Gasteiger partial charge >= 0.3 is 0 Å². The molecule has 130 valence electrons. The Morgan fingerprint density at radius 1 is 1.12 bits per heavy atom. The summed E-state index contributed by atoms with van der Waals surface area (Å²) in [6, 6.07) is 14.1. The Morgan fingerprint density at radius 2 is 1.76 bits per heavy atom. The number of carboxylic acids is 1. The quantitative estimate of drug-likeness (QED) is 0.857. The van der Waals surface area contributed by atoms with Gasteiger partial charge in [-0.05, 0) is 43.2 Å². The molecular formula is C20H20NO4-. The highest BCUT2D eigenvalue weighted by Gasteiger charge is 2.38. The fraction of sp³-hybridized carbons (Fsp3) is 0.300. The highest BCUT2D eigenvalue weighted by Crippen LogP contribution is 2.40. The molecule has 1 amide bonds. The van der Waals surface area contributed by atoms with Gasteiger partial charge in [0.25, 0.3) is 0 Å². The van der Waals surface area contributed by atoms with Crippen molar-refractivity contribution in [1.82, 2.24) is 0 Å². The molecule has 5 heteroatoms. The van der Waals surface area contributed by atoms with Crippen LogP contribution in [0.2, 0.25) is 0 Å². The first-order valence-electron chi connectivity index (χ1n) is 8.25. The van der Waals surface area contributed by atoms with Crippen LogP contribution in [0.1, 0.15) is 30.0 Å². The molecule has 0 radical (unpaired) electrons. The van der Waals surface area contributed by atoms with Crippen LogP contribution in [0.3, 0.4) is 0 Å². The van der Waals surface area contributed by atoms with Gasteiger partial charge in [-0.2, -0.15) is 0 Å². The van der Waals surface area contributed by atoms with E-state index in [4.69, 9.17) is 4.74 Å². The Labute approximate surface area is 146 Å². The zero-order valence-corrected chi connectivity index (χ0v) is 14.3. The molecule has 1 fully saturated rings. The van der Waals surface area contributed by atoms with E-state index in [-0.39, 0.29) is 18.7 Å². The summed E-state index contributed by atoms with van der Waals surface area (Å²) in [7, 11) is 1.57. The van der Waals surface area contributed by atoms with Crippen LogP contribution in [0, 0.1) is 12.8 Å². The highest BCUT2D eigenvalue weighted by atomic mass is 16.5. The van der Waals surface area contributed by atoms with Crippen LogP contribution in [0.4, 0.5) is 5.69 Å². The Morgan fingerprint density at radius 3 is 2.32 bits per heavy atom. The van der Waals surface area contributed by atoms with Crippen molar-refractivity contribution in [3.8, 4) is 5.75 Å². The van der Waals surface area contributed by atoms with Crippen LogP contribution in [0.25, 0.3) is 0 Å². The summed E-state index contributed by atoms with van der Waals surface area (Å²) in [5, 5.41) is 11.7. The van der Waals surface area contributed by atoms with Gasteiger partial charge < -0.3 is 19.5 Å².